The van der Waals surface area contributed by atoms with Crippen molar-refractivity contribution in [2.75, 3.05) is 152 Å². The number of methoxy groups -OCH3 is 1. The van der Waals surface area contributed by atoms with Crippen LogP contribution in [0.4, 0.5) is 0 Å². The summed E-state index contributed by atoms with van der Waals surface area (Å²) in [6.45, 7) is 14.2. The first-order valence-corrected chi connectivity index (χ1v) is 56.0. The van der Waals surface area contributed by atoms with Gasteiger partial charge in [-0.1, -0.05) is 282 Å². The quantitative estimate of drug-likeness (QED) is 0.0190. The molecule has 0 unspecified atom stereocenters. The van der Waals surface area contributed by atoms with Crippen LogP contribution < -0.4 is 21.3 Å². The summed E-state index contributed by atoms with van der Waals surface area (Å²) in [5.74, 6) is -3.60. The first kappa shape index (κ1) is 131. The van der Waals surface area contributed by atoms with Gasteiger partial charge in [0.2, 0.25) is 35.4 Å². The van der Waals surface area contributed by atoms with Crippen LogP contribution >= 0.6 is 0 Å². The van der Waals surface area contributed by atoms with E-state index in [0.29, 0.717) is 131 Å². The van der Waals surface area contributed by atoms with Crippen molar-refractivity contribution in [1.82, 2.24) is 31.1 Å². The average molecular weight is 1950 g/mol. The van der Waals surface area contributed by atoms with E-state index < -0.39 is 23.8 Å². The van der Waals surface area contributed by atoms with Crippen LogP contribution in [0.2, 0.25) is 0 Å². The SMILES string of the molecule is CCCCCCCC/C=C\CCCCCCCC(=O)OCCN(CCOC(=O)CCCCCCC/C=C\CCCCCCCC)C(=O)CCC(=O)NCCCC[C@H](NC(=O)CCC(=O)N(CCOC(=O)CCCCCCC/C=C\CCCCCCCC)CCOC(=O)CCCCCCC/C=C\CCCCCCCC)C(=O)NCCCOCCOCCOCCCNC(=O)CCOCCOCCOC. The number of carbonyl (C=O) groups excluding carboxylic acids is 10. The normalized spacial score (nSPS) is 11.8. The van der Waals surface area contributed by atoms with Gasteiger partial charge in [0.1, 0.15) is 32.5 Å². The van der Waals surface area contributed by atoms with Crippen molar-refractivity contribution < 1.29 is 95.3 Å². The van der Waals surface area contributed by atoms with Crippen LogP contribution in [0.15, 0.2) is 48.6 Å². The molecule has 6 amide bonds. The Morgan fingerprint density at radius 3 is 0.797 bits per heavy atom. The van der Waals surface area contributed by atoms with Gasteiger partial charge in [-0.05, 0) is 161 Å². The number of ether oxygens (including phenoxy) is 10. The molecule has 0 fully saturated rings. The number of nitrogens with zero attached hydrogens (tertiary/aromatic N) is 2. The molecule has 138 heavy (non-hydrogen) atoms. The van der Waals surface area contributed by atoms with Gasteiger partial charge in [-0.25, -0.2) is 0 Å². The lowest BCUT2D eigenvalue weighted by Crippen LogP contribution is -2.47. The minimum absolute atomic E-state index is 0.0255. The molecule has 26 heteroatoms. The van der Waals surface area contributed by atoms with Gasteiger partial charge in [0.25, 0.3) is 0 Å². The molecule has 802 valence electrons. The topological polar surface area (TPSA) is 318 Å². The zero-order valence-electron chi connectivity index (χ0n) is 88.5. The third kappa shape index (κ3) is 98.2. The number of esters is 4. The summed E-state index contributed by atoms with van der Waals surface area (Å²) in [6.07, 6.45) is 80.7. The molecular formula is C112H204N6O20. The zero-order chi connectivity index (χ0) is 100. The second-order valence-electron chi connectivity index (χ2n) is 37.1. The van der Waals surface area contributed by atoms with E-state index >= 15 is 0 Å². The Kier molecular flexibility index (Phi) is 103. The first-order valence-electron chi connectivity index (χ1n) is 56.0. The van der Waals surface area contributed by atoms with Gasteiger partial charge < -0.3 is 78.4 Å². The number of allylic oxidation sites excluding steroid dienone is 8. The Morgan fingerprint density at radius 1 is 0.232 bits per heavy atom. The van der Waals surface area contributed by atoms with Crippen LogP contribution in [0.3, 0.4) is 0 Å². The summed E-state index contributed by atoms with van der Waals surface area (Å²) in [7, 11) is 1.61. The highest BCUT2D eigenvalue weighted by atomic mass is 16.6. The van der Waals surface area contributed by atoms with Crippen LogP contribution in [0, 0.1) is 0 Å². The Balaban J connectivity index is 6.00. The highest BCUT2D eigenvalue weighted by Crippen LogP contribution is 2.18. The Morgan fingerprint density at radius 2 is 0.486 bits per heavy atom. The van der Waals surface area contributed by atoms with Crippen molar-refractivity contribution in [3.63, 3.8) is 0 Å². The average Bonchev–Trinajstić information content (AvgIpc) is 0.922. The second kappa shape index (κ2) is 108. The van der Waals surface area contributed by atoms with Crippen molar-refractivity contribution >= 4 is 59.3 Å². The summed E-state index contributed by atoms with van der Waals surface area (Å²) in [5, 5.41) is 11.5. The number of unbranched alkanes of at least 4 members (excludes halogenated alkanes) is 45. The van der Waals surface area contributed by atoms with E-state index in [-0.39, 0.29) is 172 Å². The molecule has 1 atom stereocenters. The molecule has 0 aliphatic heterocycles. The summed E-state index contributed by atoms with van der Waals surface area (Å²) < 4.78 is 55.4. The molecule has 0 heterocycles. The number of nitrogens with one attached hydrogen (secondary N) is 4. The molecule has 0 aliphatic carbocycles. The van der Waals surface area contributed by atoms with E-state index in [9.17, 15) is 47.9 Å². The molecule has 0 aromatic rings. The molecule has 0 saturated carbocycles. The zero-order valence-corrected chi connectivity index (χ0v) is 88.5. The standard InChI is InChI=1S/C112H204N6O20/c1-6-10-14-18-22-26-30-34-38-42-46-50-54-58-62-71-108(124)135-90-83-117(84-91-136-109(125)72-63-59-55-51-47-43-39-35-31-27-23-19-15-11-7-2)106(122)77-75-103(119)113-80-67-66-70-102(112(128)115-82-69-88-131-97-100-134-99-96-130-87-68-81-114-104(120)79-89-132-98-101-133-95-94-129-5)116-105(121)76-78-107(123)118(85-92-137-110(126)73-64-60-56-52-48-44-40-36-32-28-24-20-16-12-8-3)86-93-138-111(127)74-65-61-57-53-49-45-41-37-33-29-25-21-17-13-9-4/h34-41,102H,6-33,42-101H2,1-5H3,(H,113,119)(H,114,120)(H,115,128)(H,116,121)/b38-34-,39-35-,40-36-,41-37-/t102-/m0/s1. The van der Waals surface area contributed by atoms with E-state index in [2.05, 4.69) is 97.6 Å². The predicted octanol–water partition coefficient (Wildman–Crippen LogP) is 23.4. The molecule has 0 aromatic carbocycles. The van der Waals surface area contributed by atoms with E-state index in [4.69, 9.17) is 47.4 Å². The maximum atomic E-state index is 14.1. The third-order valence-electron chi connectivity index (χ3n) is 24.4. The lowest BCUT2D eigenvalue weighted by molar-refractivity contribution is -0.148. The van der Waals surface area contributed by atoms with E-state index in [1.54, 1.807) is 7.11 Å². The van der Waals surface area contributed by atoms with Gasteiger partial charge in [0, 0.05) is 97.7 Å². The summed E-state index contributed by atoms with van der Waals surface area (Å²) in [5.41, 5.74) is 0. The van der Waals surface area contributed by atoms with E-state index in [0.717, 1.165) is 154 Å². The minimum Gasteiger partial charge on any atom is -0.464 e. The van der Waals surface area contributed by atoms with Crippen molar-refractivity contribution in [3.05, 3.63) is 48.6 Å². The Bertz CT molecular complexity index is 2840. The van der Waals surface area contributed by atoms with Gasteiger partial charge in [0.05, 0.1) is 85.6 Å². The number of amides is 6. The molecule has 0 aliphatic rings. The lowest BCUT2D eigenvalue weighted by atomic mass is 10.1. The molecule has 0 rings (SSSR count). The molecular weight excluding hydrogens is 1750 g/mol. The van der Waals surface area contributed by atoms with Crippen molar-refractivity contribution in [2.45, 2.75) is 458 Å². The molecule has 4 N–H and O–H groups in total. The van der Waals surface area contributed by atoms with Crippen LogP contribution in [0.25, 0.3) is 0 Å². The van der Waals surface area contributed by atoms with E-state index in [1.807, 2.05) is 0 Å². The third-order valence-corrected chi connectivity index (χ3v) is 24.4. The molecule has 0 spiro atoms. The minimum atomic E-state index is -1.01. The molecule has 26 nitrogen and oxygen atoms in total. The molecule has 0 bridgehead atoms. The maximum absolute atomic E-state index is 14.1. The van der Waals surface area contributed by atoms with Gasteiger partial charge in [-0.2, -0.15) is 0 Å². The monoisotopic (exact) mass is 1950 g/mol. The summed E-state index contributed by atoms with van der Waals surface area (Å²) in [4.78, 5) is 136. The second-order valence-corrected chi connectivity index (χ2v) is 37.1. The smallest absolute Gasteiger partial charge is 0.305 e. The summed E-state index contributed by atoms with van der Waals surface area (Å²) >= 11 is 0. The summed E-state index contributed by atoms with van der Waals surface area (Å²) in [6, 6.07) is -1.01. The van der Waals surface area contributed by atoms with Gasteiger partial charge >= 0.3 is 23.9 Å². The van der Waals surface area contributed by atoms with Crippen LogP contribution in [-0.4, -0.2) is 227 Å². The molecule has 0 aromatic heterocycles. The fourth-order valence-electron chi connectivity index (χ4n) is 15.7. The number of carbonyl (C=O) groups is 10. The highest BCUT2D eigenvalue weighted by molar-refractivity contribution is 5.89. The van der Waals surface area contributed by atoms with Gasteiger partial charge in [-0.15, -0.1) is 0 Å². The highest BCUT2D eigenvalue weighted by Gasteiger charge is 2.24. The fourth-order valence-corrected chi connectivity index (χ4v) is 15.7. The maximum Gasteiger partial charge on any atom is 0.305 e. The number of hydrogen-bond acceptors (Lipinski definition) is 20. The number of hydrogen-bond donors (Lipinski definition) is 4. The largest absolute Gasteiger partial charge is 0.464 e. The molecule has 0 saturated heterocycles. The van der Waals surface area contributed by atoms with Crippen LogP contribution in [-0.2, 0) is 95.3 Å². The van der Waals surface area contributed by atoms with Crippen molar-refractivity contribution in [3.8, 4) is 0 Å². The fraction of sp³-hybridized carbons (Fsp3) is 0.839. The van der Waals surface area contributed by atoms with Gasteiger partial charge in [0.15, 0.2) is 0 Å². The van der Waals surface area contributed by atoms with E-state index in [1.165, 1.54) is 164 Å². The lowest BCUT2D eigenvalue weighted by Gasteiger charge is -2.23. The molecule has 0 radical (unpaired) electrons. The van der Waals surface area contributed by atoms with Gasteiger partial charge in [-0.3, -0.25) is 47.9 Å². The van der Waals surface area contributed by atoms with Crippen molar-refractivity contribution in [2.24, 2.45) is 0 Å². The first-order chi connectivity index (χ1) is 67.7. The van der Waals surface area contributed by atoms with Crippen molar-refractivity contribution in [1.29, 1.82) is 0 Å². The Labute approximate surface area is 839 Å². The van der Waals surface area contributed by atoms with Crippen LogP contribution in [0.1, 0.15) is 451 Å². The van der Waals surface area contributed by atoms with Crippen LogP contribution in [0.5, 0.6) is 0 Å². The number of rotatable bonds is 108. The predicted molar refractivity (Wildman–Crippen MR) is 558 cm³/mol. The Hall–Kier alpha value is -6.58.